The number of sulfonamides is 1. The number of amides is 1. The molecule has 0 aromatic heterocycles. The third kappa shape index (κ3) is 5.69. The highest BCUT2D eigenvalue weighted by atomic mass is 32.2. The Balaban J connectivity index is 1.08. The van der Waals surface area contributed by atoms with Crippen LogP contribution in [-0.2, 0) is 21.4 Å². The number of piperazine rings is 1. The first-order valence-electron chi connectivity index (χ1n) is 12.1. The molecule has 0 unspecified atom stereocenters. The summed E-state index contributed by atoms with van der Waals surface area (Å²) in [6, 6.07) is 15.4. The largest absolute Gasteiger partial charge is 0.454 e. The van der Waals surface area contributed by atoms with Crippen LogP contribution in [-0.4, -0.2) is 74.5 Å². The molecule has 0 aliphatic carbocycles. The van der Waals surface area contributed by atoms with E-state index in [0.717, 1.165) is 36.7 Å². The fourth-order valence-corrected chi connectivity index (χ4v) is 6.08. The summed E-state index contributed by atoms with van der Waals surface area (Å²) in [5.41, 5.74) is 2.02. The topological polar surface area (TPSA) is 79.4 Å². The molecule has 0 bridgehead atoms. The molecule has 0 atom stereocenters. The lowest BCUT2D eigenvalue weighted by Crippen LogP contribution is -2.51. The molecule has 0 N–H and O–H groups in total. The van der Waals surface area contributed by atoms with Gasteiger partial charge >= 0.3 is 0 Å². The van der Waals surface area contributed by atoms with Gasteiger partial charge in [-0.05, 0) is 42.2 Å². The lowest BCUT2D eigenvalue weighted by Gasteiger charge is -2.38. The van der Waals surface area contributed by atoms with Crippen LogP contribution < -0.4 is 9.47 Å². The molecular formula is C26H31N3O5S. The number of piperidine rings is 1. The Bertz CT molecular complexity index is 1170. The molecule has 3 aliphatic heterocycles. The van der Waals surface area contributed by atoms with Gasteiger partial charge in [0, 0.05) is 57.1 Å². The molecule has 186 valence electrons. The number of benzene rings is 2. The zero-order valence-corrected chi connectivity index (χ0v) is 20.5. The molecule has 2 aromatic carbocycles. The summed E-state index contributed by atoms with van der Waals surface area (Å²) in [4.78, 5) is 17.4. The van der Waals surface area contributed by atoms with E-state index < -0.39 is 10.0 Å². The van der Waals surface area contributed by atoms with Gasteiger partial charge in [-0.2, -0.15) is 4.31 Å². The van der Waals surface area contributed by atoms with Gasteiger partial charge in [0.2, 0.25) is 22.7 Å². The second-order valence-corrected chi connectivity index (χ2v) is 11.0. The van der Waals surface area contributed by atoms with Crippen LogP contribution in [0.15, 0.2) is 53.9 Å². The summed E-state index contributed by atoms with van der Waals surface area (Å²) >= 11 is 0. The number of nitrogens with zero attached hydrogens (tertiary/aromatic N) is 3. The van der Waals surface area contributed by atoms with Gasteiger partial charge < -0.3 is 14.4 Å². The van der Waals surface area contributed by atoms with Crippen LogP contribution in [0.5, 0.6) is 11.5 Å². The molecule has 8 nitrogen and oxygen atoms in total. The van der Waals surface area contributed by atoms with E-state index >= 15 is 0 Å². The lowest BCUT2D eigenvalue weighted by atomic mass is 9.96. The Morgan fingerprint density at radius 3 is 2.37 bits per heavy atom. The summed E-state index contributed by atoms with van der Waals surface area (Å²) in [7, 11) is -3.49. The summed E-state index contributed by atoms with van der Waals surface area (Å²) in [5.74, 6) is 1.63. The Labute approximate surface area is 206 Å². The minimum atomic E-state index is -3.49. The van der Waals surface area contributed by atoms with Crippen LogP contribution in [0.2, 0.25) is 0 Å². The molecule has 1 amide bonds. The van der Waals surface area contributed by atoms with E-state index in [9.17, 15) is 13.2 Å². The summed E-state index contributed by atoms with van der Waals surface area (Å²) in [6.45, 7) is 4.86. The minimum Gasteiger partial charge on any atom is -0.454 e. The van der Waals surface area contributed by atoms with Crippen molar-refractivity contribution in [2.24, 2.45) is 5.92 Å². The lowest BCUT2D eigenvalue weighted by molar-refractivity contribution is -0.138. The maximum absolute atomic E-state index is 13.1. The number of rotatable bonds is 6. The van der Waals surface area contributed by atoms with E-state index in [1.54, 1.807) is 6.08 Å². The predicted octanol–water partition coefficient (Wildman–Crippen LogP) is 2.77. The van der Waals surface area contributed by atoms with Gasteiger partial charge in [0.05, 0.1) is 0 Å². The minimum absolute atomic E-state index is 0.111. The standard InChI is InChI=1S/C26H31N3O5S/c30-26(23-8-11-29(12-9-23)35(31,32)17-10-21-4-2-1-3-5-21)28-15-13-27(14-16-28)19-22-6-7-24-25(18-22)34-20-33-24/h1-7,10,17-18,23H,8-9,11-16,19-20H2. The number of carbonyl (C=O) groups excluding carboxylic acids is 1. The van der Waals surface area contributed by atoms with Crippen LogP contribution in [0.25, 0.3) is 6.08 Å². The third-order valence-corrected chi connectivity index (χ3v) is 8.49. The molecule has 5 rings (SSSR count). The molecule has 2 aromatic rings. The normalized spacial score (nSPS) is 19.9. The van der Waals surface area contributed by atoms with Gasteiger partial charge in [0.25, 0.3) is 0 Å². The van der Waals surface area contributed by atoms with Crippen molar-refractivity contribution in [2.75, 3.05) is 46.1 Å². The zero-order chi connectivity index (χ0) is 24.3. The van der Waals surface area contributed by atoms with Crippen LogP contribution in [0.4, 0.5) is 0 Å². The molecule has 9 heteroatoms. The first kappa shape index (κ1) is 23.8. The number of fused-ring (bicyclic) bond motifs is 1. The molecule has 0 saturated carbocycles. The van der Waals surface area contributed by atoms with Gasteiger partial charge in [0.1, 0.15) is 0 Å². The smallest absolute Gasteiger partial charge is 0.236 e. The van der Waals surface area contributed by atoms with E-state index in [1.165, 1.54) is 15.3 Å². The Hall–Kier alpha value is -2.88. The number of carbonyl (C=O) groups is 1. The first-order chi connectivity index (χ1) is 17.0. The molecule has 35 heavy (non-hydrogen) atoms. The molecular weight excluding hydrogens is 466 g/mol. The van der Waals surface area contributed by atoms with Gasteiger partial charge in [-0.3, -0.25) is 9.69 Å². The first-order valence-corrected chi connectivity index (χ1v) is 13.6. The Morgan fingerprint density at radius 1 is 0.914 bits per heavy atom. The monoisotopic (exact) mass is 497 g/mol. The average molecular weight is 498 g/mol. The summed E-state index contributed by atoms with van der Waals surface area (Å²) in [5, 5.41) is 1.27. The van der Waals surface area contributed by atoms with Crippen molar-refractivity contribution in [1.29, 1.82) is 0 Å². The summed E-state index contributed by atoms with van der Waals surface area (Å²) in [6.07, 6.45) is 2.75. The second-order valence-electron chi connectivity index (χ2n) is 9.22. The van der Waals surface area contributed by atoms with Crippen LogP contribution in [0.1, 0.15) is 24.0 Å². The maximum Gasteiger partial charge on any atom is 0.236 e. The van der Waals surface area contributed by atoms with E-state index in [-0.39, 0.29) is 18.6 Å². The van der Waals surface area contributed by atoms with Crippen molar-refractivity contribution >= 4 is 22.0 Å². The van der Waals surface area contributed by atoms with Crippen LogP contribution in [0, 0.1) is 5.92 Å². The van der Waals surface area contributed by atoms with Crippen molar-refractivity contribution in [1.82, 2.24) is 14.1 Å². The van der Waals surface area contributed by atoms with Crippen LogP contribution >= 0.6 is 0 Å². The maximum atomic E-state index is 13.1. The average Bonchev–Trinajstić information content (AvgIpc) is 3.36. The molecule has 3 heterocycles. The van der Waals surface area contributed by atoms with Crippen molar-refractivity contribution < 1.29 is 22.7 Å². The Morgan fingerprint density at radius 2 is 1.63 bits per heavy atom. The van der Waals surface area contributed by atoms with E-state index in [4.69, 9.17) is 9.47 Å². The molecule has 2 saturated heterocycles. The van der Waals surface area contributed by atoms with E-state index in [1.807, 2.05) is 47.4 Å². The van der Waals surface area contributed by atoms with Crippen molar-refractivity contribution in [3.63, 3.8) is 0 Å². The second kappa shape index (κ2) is 10.4. The highest BCUT2D eigenvalue weighted by Gasteiger charge is 2.33. The van der Waals surface area contributed by atoms with Crippen molar-refractivity contribution in [3.8, 4) is 11.5 Å². The molecule has 0 spiro atoms. The van der Waals surface area contributed by atoms with E-state index in [0.29, 0.717) is 39.0 Å². The molecule has 2 fully saturated rings. The zero-order valence-electron chi connectivity index (χ0n) is 19.7. The van der Waals surface area contributed by atoms with Gasteiger partial charge in [-0.25, -0.2) is 8.42 Å². The SMILES string of the molecule is O=C(C1CCN(S(=O)(=O)C=Cc2ccccc2)CC1)N1CCN(Cc2ccc3c(c2)OCO3)CC1. The van der Waals surface area contributed by atoms with E-state index in [2.05, 4.69) is 11.0 Å². The van der Waals surface area contributed by atoms with Gasteiger partial charge in [-0.15, -0.1) is 0 Å². The Kier molecular flexibility index (Phi) is 7.08. The summed E-state index contributed by atoms with van der Waals surface area (Å²) < 4.78 is 37.7. The molecule has 3 aliphatic rings. The van der Waals surface area contributed by atoms with Gasteiger partial charge in [0.15, 0.2) is 11.5 Å². The van der Waals surface area contributed by atoms with Gasteiger partial charge in [-0.1, -0.05) is 36.4 Å². The fraction of sp³-hybridized carbons (Fsp3) is 0.423. The van der Waals surface area contributed by atoms with Crippen molar-refractivity contribution in [2.45, 2.75) is 19.4 Å². The molecule has 0 radical (unpaired) electrons. The highest BCUT2D eigenvalue weighted by Crippen LogP contribution is 2.33. The van der Waals surface area contributed by atoms with Crippen LogP contribution in [0.3, 0.4) is 0 Å². The predicted molar refractivity (Wildman–Crippen MR) is 133 cm³/mol. The number of hydrogen-bond acceptors (Lipinski definition) is 6. The number of ether oxygens (including phenoxy) is 2. The van der Waals surface area contributed by atoms with Crippen molar-refractivity contribution in [3.05, 3.63) is 65.1 Å². The third-order valence-electron chi connectivity index (χ3n) is 6.92. The highest BCUT2D eigenvalue weighted by molar-refractivity contribution is 7.92. The quantitative estimate of drug-likeness (QED) is 0.611. The number of hydrogen-bond donors (Lipinski definition) is 0. The fourth-order valence-electron chi connectivity index (χ4n) is 4.85.